The molecule has 1 heterocycles. The monoisotopic (exact) mass is 189 g/mol. The molecule has 0 bridgehead atoms. The maximum atomic E-state index is 12.3. The number of pyridine rings is 1. The normalized spacial score (nSPS) is 9.67. The van der Waals surface area contributed by atoms with Gasteiger partial charge in [-0.25, -0.2) is 4.98 Å². The first kappa shape index (κ1) is 6.68. The minimum absolute atomic E-state index is 0.443. The number of hydrogen-bond donors (Lipinski definition) is 0. The van der Waals surface area contributed by atoms with Crippen LogP contribution in [-0.4, -0.2) is 4.98 Å². The van der Waals surface area contributed by atoms with Crippen molar-refractivity contribution in [2.75, 3.05) is 0 Å². The van der Waals surface area contributed by atoms with Crippen LogP contribution in [-0.2, 0) is 0 Å². The van der Waals surface area contributed by atoms with Crippen LogP contribution < -0.4 is 0 Å². The van der Waals surface area contributed by atoms with E-state index in [1.807, 2.05) is 6.92 Å². The Kier molecular flexibility index (Phi) is 1.81. The lowest BCUT2D eigenvalue weighted by molar-refractivity contribution is 0.579. The lowest BCUT2D eigenvalue weighted by Gasteiger charge is -1.91. The summed E-state index contributed by atoms with van der Waals surface area (Å²) in [4.78, 5) is 3.48. The van der Waals surface area contributed by atoms with Crippen molar-refractivity contribution in [2.24, 2.45) is 0 Å². The van der Waals surface area contributed by atoms with Crippen LogP contribution in [0.25, 0.3) is 0 Å². The lowest BCUT2D eigenvalue weighted by atomic mass is 10.3. The Balaban J connectivity index is 3.17. The highest BCUT2D eigenvalue weighted by atomic mass is 79.9. The van der Waals surface area contributed by atoms with Crippen molar-refractivity contribution in [3.05, 3.63) is 28.2 Å². The van der Waals surface area contributed by atoms with Crippen molar-refractivity contribution in [2.45, 2.75) is 6.92 Å². The Morgan fingerprint density at radius 1 is 1.56 bits per heavy atom. The third-order valence-electron chi connectivity index (χ3n) is 0.907. The Morgan fingerprint density at radius 2 is 2.22 bits per heavy atom. The van der Waals surface area contributed by atoms with E-state index in [1.54, 1.807) is 6.07 Å². The quantitative estimate of drug-likeness (QED) is 0.572. The van der Waals surface area contributed by atoms with Crippen molar-refractivity contribution in [1.29, 1.82) is 0 Å². The molecule has 1 aromatic heterocycles. The smallest absolute Gasteiger partial charge is 0.213 e. The van der Waals surface area contributed by atoms with E-state index in [1.165, 1.54) is 6.07 Å². The van der Waals surface area contributed by atoms with Crippen LogP contribution in [0, 0.1) is 12.9 Å². The highest BCUT2D eigenvalue weighted by Gasteiger charge is 1.93. The Bertz CT molecular complexity index is 174. The molecule has 0 aliphatic carbocycles. The Hall–Kier alpha value is -0.440. The zero-order valence-corrected chi connectivity index (χ0v) is 6.44. The lowest BCUT2D eigenvalue weighted by Crippen LogP contribution is -1.83. The van der Waals surface area contributed by atoms with E-state index in [4.69, 9.17) is 0 Å². The maximum absolute atomic E-state index is 12.3. The summed E-state index contributed by atoms with van der Waals surface area (Å²) in [5.41, 5.74) is 0.870. The van der Waals surface area contributed by atoms with Crippen LogP contribution in [0.1, 0.15) is 5.56 Å². The molecule has 0 atom stereocenters. The first-order valence-corrected chi connectivity index (χ1v) is 3.27. The fourth-order valence-corrected chi connectivity index (χ4v) is 1.11. The third-order valence-corrected chi connectivity index (χ3v) is 1.31. The molecule has 48 valence electrons. The minimum atomic E-state index is -0.443. The summed E-state index contributed by atoms with van der Waals surface area (Å²) in [6.07, 6.45) is 0. The van der Waals surface area contributed by atoms with Gasteiger partial charge >= 0.3 is 0 Å². The molecule has 1 nitrogen and oxygen atoms in total. The Morgan fingerprint density at radius 3 is 2.67 bits per heavy atom. The van der Waals surface area contributed by atoms with Gasteiger partial charge in [0.2, 0.25) is 5.95 Å². The van der Waals surface area contributed by atoms with Gasteiger partial charge in [0.15, 0.2) is 0 Å². The molecule has 0 saturated carbocycles. The molecule has 9 heavy (non-hydrogen) atoms. The van der Waals surface area contributed by atoms with E-state index in [0.717, 1.165) is 5.56 Å². The van der Waals surface area contributed by atoms with Crippen molar-refractivity contribution >= 4 is 15.9 Å². The topological polar surface area (TPSA) is 12.9 Å². The molecule has 1 rings (SSSR count). The molecule has 0 unspecified atom stereocenters. The number of nitrogens with zero attached hydrogens (tertiary/aromatic N) is 1. The van der Waals surface area contributed by atoms with Gasteiger partial charge in [-0.3, -0.25) is 0 Å². The molecule has 0 saturated heterocycles. The van der Waals surface area contributed by atoms with Crippen LogP contribution in [0.3, 0.4) is 0 Å². The molecule has 0 aliphatic rings. The second-order valence-corrected chi connectivity index (χ2v) is 2.60. The second kappa shape index (κ2) is 2.43. The van der Waals surface area contributed by atoms with Crippen molar-refractivity contribution in [3.63, 3.8) is 0 Å². The molecular weight excluding hydrogens is 185 g/mol. The molecule has 0 aliphatic heterocycles. The van der Waals surface area contributed by atoms with Gasteiger partial charge < -0.3 is 0 Å². The first-order chi connectivity index (χ1) is 4.18. The average Bonchev–Trinajstić information content (AvgIpc) is 1.59. The van der Waals surface area contributed by atoms with E-state index in [2.05, 4.69) is 20.9 Å². The number of halogens is 2. The average molecular weight is 190 g/mol. The molecule has 0 radical (unpaired) electrons. The van der Waals surface area contributed by atoms with Gasteiger partial charge in [0.25, 0.3) is 0 Å². The van der Waals surface area contributed by atoms with Gasteiger partial charge in [0.1, 0.15) is 4.60 Å². The van der Waals surface area contributed by atoms with Gasteiger partial charge in [0, 0.05) is 0 Å². The van der Waals surface area contributed by atoms with E-state index < -0.39 is 5.95 Å². The summed E-state index contributed by atoms with van der Waals surface area (Å²) in [6.45, 7) is 1.82. The maximum Gasteiger partial charge on any atom is 0.214 e. The standard InChI is InChI=1S/C6H5BrFN/c1-4-2-5(7)9-6(8)3-4/h2-3H,1H3. The summed E-state index contributed by atoms with van der Waals surface area (Å²) in [7, 11) is 0. The van der Waals surface area contributed by atoms with E-state index in [-0.39, 0.29) is 0 Å². The molecular formula is C6H5BrFN. The highest BCUT2D eigenvalue weighted by Crippen LogP contribution is 2.08. The van der Waals surface area contributed by atoms with Crippen molar-refractivity contribution in [1.82, 2.24) is 4.98 Å². The van der Waals surface area contributed by atoms with Gasteiger partial charge in [-0.15, -0.1) is 0 Å². The van der Waals surface area contributed by atoms with Crippen LogP contribution in [0.5, 0.6) is 0 Å². The van der Waals surface area contributed by atoms with Gasteiger partial charge in [0.05, 0.1) is 0 Å². The van der Waals surface area contributed by atoms with Gasteiger partial charge in [-0.2, -0.15) is 4.39 Å². The van der Waals surface area contributed by atoms with E-state index >= 15 is 0 Å². The number of hydrogen-bond acceptors (Lipinski definition) is 1. The number of rotatable bonds is 0. The molecule has 1 aromatic rings. The fraction of sp³-hybridized carbons (Fsp3) is 0.167. The zero-order chi connectivity index (χ0) is 6.85. The summed E-state index contributed by atoms with van der Waals surface area (Å²) in [5.74, 6) is -0.443. The van der Waals surface area contributed by atoms with Gasteiger partial charge in [-0.1, -0.05) is 0 Å². The molecule has 3 heteroatoms. The summed E-state index contributed by atoms with van der Waals surface area (Å²) in [6, 6.07) is 3.13. The van der Waals surface area contributed by atoms with Gasteiger partial charge in [-0.05, 0) is 40.5 Å². The molecule has 0 spiro atoms. The summed E-state index contributed by atoms with van der Waals surface area (Å²) >= 11 is 3.06. The van der Waals surface area contributed by atoms with Crippen molar-refractivity contribution in [3.8, 4) is 0 Å². The summed E-state index contributed by atoms with van der Waals surface area (Å²) < 4.78 is 12.8. The fourth-order valence-electron chi connectivity index (χ4n) is 0.584. The van der Waals surface area contributed by atoms with E-state index in [9.17, 15) is 4.39 Å². The minimum Gasteiger partial charge on any atom is -0.213 e. The molecule has 0 fully saturated rings. The highest BCUT2D eigenvalue weighted by molar-refractivity contribution is 9.10. The predicted molar refractivity (Wildman–Crippen MR) is 36.6 cm³/mol. The molecule has 0 N–H and O–H groups in total. The first-order valence-electron chi connectivity index (χ1n) is 2.48. The van der Waals surface area contributed by atoms with Crippen molar-refractivity contribution < 1.29 is 4.39 Å². The van der Waals surface area contributed by atoms with Crippen LogP contribution >= 0.6 is 15.9 Å². The van der Waals surface area contributed by atoms with E-state index in [0.29, 0.717) is 4.60 Å². The largest absolute Gasteiger partial charge is 0.214 e. The third kappa shape index (κ3) is 1.75. The number of aryl methyl sites for hydroxylation is 1. The summed E-state index contributed by atoms with van der Waals surface area (Å²) in [5, 5.41) is 0. The zero-order valence-electron chi connectivity index (χ0n) is 4.86. The second-order valence-electron chi connectivity index (χ2n) is 1.79. The predicted octanol–water partition coefficient (Wildman–Crippen LogP) is 2.29. The van der Waals surface area contributed by atoms with Crippen LogP contribution in [0.2, 0.25) is 0 Å². The molecule has 0 amide bonds. The number of aromatic nitrogens is 1. The van der Waals surface area contributed by atoms with Crippen LogP contribution in [0.15, 0.2) is 16.7 Å². The molecule has 0 aromatic carbocycles. The Labute approximate surface area is 61.0 Å². The SMILES string of the molecule is Cc1cc(F)nc(Br)c1. The van der Waals surface area contributed by atoms with Crippen LogP contribution in [0.4, 0.5) is 4.39 Å².